The van der Waals surface area contributed by atoms with Crippen molar-refractivity contribution in [1.82, 2.24) is 19.9 Å². The van der Waals surface area contributed by atoms with E-state index in [1.165, 1.54) is 72.3 Å². The Morgan fingerprint density at radius 3 is 1.23 bits per heavy atom. The molecule has 4 nitrogen and oxygen atoms in total. The van der Waals surface area contributed by atoms with Crippen LogP contribution in [0.15, 0.2) is 219 Å². The second kappa shape index (κ2) is 13.2. The standard InChI is InChI=1S/C58H36N4/c1-2-17-38(18-3-1)54-60-55(62-56(61-54)52-31-14-15-36-59-52)39-34-32-37(33-35-39)40-22-16-30-51-53(40)43-21-6-9-25-46(43)58(51)49-28-12-10-26-47(49)57(48-27-11-13-29-50(48)58)44-23-7-4-19-41(44)42-20-5-8-24-45(42)57/h1-36H. The normalized spacial score (nSPS) is 14.1. The summed E-state index contributed by atoms with van der Waals surface area (Å²) in [5.41, 5.74) is 19.6. The fourth-order valence-corrected chi connectivity index (χ4v) is 11.2. The van der Waals surface area contributed by atoms with Crippen LogP contribution >= 0.6 is 0 Å². The second-order valence-electron chi connectivity index (χ2n) is 16.4. The molecule has 3 aliphatic carbocycles. The van der Waals surface area contributed by atoms with E-state index in [9.17, 15) is 0 Å². The van der Waals surface area contributed by atoms with Gasteiger partial charge in [0, 0.05) is 17.3 Å². The molecule has 62 heavy (non-hydrogen) atoms. The van der Waals surface area contributed by atoms with Gasteiger partial charge in [-0.2, -0.15) is 0 Å². The van der Waals surface area contributed by atoms with E-state index in [0.29, 0.717) is 23.2 Å². The smallest absolute Gasteiger partial charge is 0.182 e. The molecule has 3 aliphatic rings. The highest BCUT2D eigenvalue weighted by molar-refractivity contribution is 5.98. The third-order valence-corrected chi connectivity index (χ3v) is 13.5. The van der Waals surface area contributed by atoms with Gasteiger partial charge in [-0.15, -0.1) is 0 Å². The van der Waals surface area contributed by atoms with Crippen LogP contribution in [0.1, 0.15) is 44.5 Å². The molecule has 2 aromatic heterocycles. The summed E-state index contributed by atoms with van der Waals surface area (Å²) in [5.74, 6) is 1.76. The van der Waals surface area contributed by atoms with Gasteiger partial charge in [0.15, 0.2) is 17.5 Å². The van der Waals surface area contributed by atoms with Crippen LogP contribution in [-0.2, 0) is 10.8 Å². The van der Waals surface area contributed by atoms with Gasteiger partial charge in [0.25, 0.3) is 0 Å². The minimum atomic E-state index is -0.548. The number of benzene rings is 8. The average molecular weight is 789 g/mol. The zero-order valence-electron chi connectivity index (χ0n) is 33.6. The van der Waals surface area contributed by atoms with Gasteiger partial charge in [-0.1, -0.05) is 200 Å². The molecule has 0 amide bonds. The summed E-state index contributed by atoms with van der Waals surface area (Å²) in [7, 11) is 0. The molecule has 2 spiro atoms. The van der Waals surface area contributed by atoms with Crippen LogP contribution in [0.4, 0.5) is 0 Å². The van der Waals surface area contributed by atoms with Crippen LogP contribution < -0.4 is 0 Å². The van der Waals surface area contributed by atoms with E-state index >= 15 is 0 Å². The van der Waals surface area contributed by atoms with Crippen LogP contribution in [0.2, 0.25) is 0 Å². The molecule has 0 radical (unpaired) electrons. The minimum absolute atomic E-state index is 0.470. The summed E-state index contributed by atoms with van der Waals surface area (Å²) < 4.78 is 0. The lowest BCUT2D eigenvalue weighted by atomic mass is 9.52. The predicted octanol–water partition coefficient (Wildman–Crippen LogP) is 13.0. The van der Waals surface area contributed by atoms with Crippen LogP contribution in [0.25, 0.3) is 67.7 Å². The maximum atomic E-state index is 5.00. The minimum Gasteiger partial charge on any atom is -0.253 e. The van der Waals surface area contributed by atoms with Crippen molar-refractivity contribution in [3.8, 4) is 67.7 Å². The van der Waals surface area contributed by atoms with Crippen molar-refractivity contribution >= 4 is 0 Å². The zero-order valence-corrected chi connectivity index (χ0v) is 33.6. The van der Waals surface area contributed by atoms with Gasteiger partial charge in [0.1, 0.15) is 5.69 Å². The highest BCUT2D eigenvalue weighted by atomic mass is 15.0. The van der Waals surface area contributed by atoms with Gasteiger partial charge in [0.05, 0.1) is 10.8 Å². The van der Waals surface area contributed by atoms with Crippen molar-refractivity contribution in [3.05, 3.63) is 263 Å². The third-order valence-electron chi connectivity index (χ3n) is 13.5. The summed E-state index contributed by atoms with van der Waals surface area (Å²) in [6, 6.07) is 77.3. The molecular formula is C58H36N4. The first-order valence-corrected chi connectivity index (χ1v) is 21.2. The maximum absolute atomic E-state index is 5.00. The highest BCUT2D eigenvalue weighted by Gasteiger charge is 2.59. The molecule has 8 aromatic carbocycles. The molecule has 0 N–H and O–H groups in total. The quantitative estimate of drug-likeness (QED) is 0.178. The Morgan fingerprint density at radius 2 is 0.661 bits per heavy atom. The molecule has 0 bridgehead atoms. The molecule has 0 atom stereocenters. The van der Waals surface area contributed by atoms with Crippen molar-refractivity contribution < 1.29 is 0 Å². The molecule has 10 aromatic rings. The lowest BCUT2D eigenvalue weighted by molar-refractivity contribution is 0.633. The lowest BCUT2D eigenvalue weighted by Crippen LogP contribution is -2.43. The van der Waals surface area contributed by atoms with E-state index < -0.39 is 10.8 Å². The van der Waals surface area contributed by atoms with E-state index in [2.05, 4.69) is 169 Å². The number of pyridine rings is 1. The van der Waals surface area contributed by atoms with Gasteiger partial charge >= 0.3 is 0 Å². The van der Waals surface area contributed by atoms with Gasteiger partial charge < -0.3 is 0 Å². The number of fused-ring (bicyclic) bond motifs is 16. The molecule has 4 heteroatoms. The van der Waals surface area contributed by atoms with Crippen molar-refractivity contribution in [2.24, 2.45) is 0 Å². The van der Waals surface area contributed by atoms with Gasteiger partial charge in [-0.3, -0.25) is 4.98 Å². The van der Waals surface area contributed by atoms with Gasteiger partial charge in [-0.25, -0.2) is 15.0 Å². The summed E-state index contributed by atoms with van der Waals surface area (Å²) in [6.45, 7) is 0. The Balaban J connectivity index is 1.02. The number of nitrogens with zero attached hydrogens (tertiary/aromatic N) is 4. The van der Waals surface area contributed by atoms with Crippen molar-refractivity contribution in [2.45, 2.75) is 10.8 Å². The van der Waals surface area contributed by atoms with Crippen molar-refractivity contribution in [3.63, 3.8) is 0 Å². The van der Waals surface area contributed by atoms with Crippen LogP contribution in [0.5, 0.6) is 0 Å². The van der Waals surface area contributed by atoms with Crippen LogP contribution in [0.3, 0.4) is 0 Å². The SMILES string of the molecule is c1ccc(-c2nc(-c3ccc(-c4cccc5c4-c4ccccc4C54c5ccccc5C5(c6ccccc6-c6ccccc65)c5ccccc54)cc3)nc(-c3ccccn3)n2)cc1. The van der Waals surface area contributed by atoms with Crippen LogP contribution in [-0.4, -0.2) is 19.9 Å². The number of hydrogen-bond acceptors (Lipinski definition) is 4. The summed E-state index contributed by atoms with van der Waals surface area (Å²) in [6.07, 6.45) is 1.77. The van der Waals surface area contributed by atoms with E-state index in [1.54, 1.807) is 6.20 Å². The molecule has 0 unspecified atom stereocenters. The molecule has 288 valence electrons. The third kappa shape index (κ3) is 4.61. The maximum Gasteiger partial charge on any atom is 0.182 e. The Hall–Kier alpha value is -8.08. The first-order valence-electron chi connectivity index (χ1n) is 21.2. The second-order valence-corrected chi connectivity index (χ2v) is 16.4. The molecule has 0 saturated heterocycles. The topological polar surface area (TPSA) is 51.6 Å². The first kappa shape index (κ1) is 34.8. The lowest BCUT2D eigenvalue weighted by Gasteiger charge is -2.48. The van der Waals surface area contributed by atoms with E-state index in [-0.39, 0.29) is 0 Å². The molecule has 2 heterocycles. The van der Waals surface area contributed by atoms with Gasteiger partial charge in [-0.05, 0) is 90.0 Å². The molecule has 13 rings (SSSR count). The average Bonchev–Trinajstić information content (AvgIpc) is 3.82. The fourth-order valence-electron chi connectivity index (χ4n) is 11.2. The van der Waals surface area contributed by atoms with Crippen molar-refractivity contribution in [2.75, 3.05) is 0 Å². The van der Waals surface area contributed by atoms with E-state index in [1.807, 2.05) is 48.5 Å². The Bertz CT molecular complexity index is 3260. The summed E-state index contributed by atoms with van der Waals surface area (Å²) in [4.78, 5) is 19.4. The zero-order chi connectivity index (χ0) is 40.8. The predicted molar refractivity (Wildman–Crippen MR) is 248 cm³/mol. The van der Waals surface area contributed by atoms with Gasteiger partial charge in [0.2, 0.25) is 0 Å². The summed E-state index contributed by atoms with van der Waals surface area (Å²) in [5, 5.41) is 0. The molecule has 0 fully saturated rings. The molecular weight excluding hydrogens is 753 g/mol. The first-order chi connectivity index (χ1) is 30.8. The number of rotatable bonds is 4. The Labute approximate surface area is 360 Å². The highest BCUT2D eigenvalue weighted by Crippen LogP contribution is 2.68. The Kier molecular flexibility index (Phi) is 7.40. The fraction of sp³-hybridized carbons (Fsp3) is 0.0345. The van der Waals surface area contributed by atoms with Crippen molar-refractivity contribution in [1.29, 1.82) is 0 Å². The number of hydrogen-bond donors (Lipinski definition) is 0. The van der Waals surface area contributed by atoms with E-state index in [4.69, 9.17) is 15.0 Å². The molecule has 0 aliphatic heterocycles. The molecule has 0 saturated carbocycles. The van der Waals surface area contributed by atoms with Crippen LogP contribution in [0, 0.1) is 0 Å². The Morgan fingerprint density at radius 1 is 0.258 bits per heavy atom. The number of aromatic nitrogens is 4. The largest absolute Gasteiger partial charge is 0.253 e. The summed E-state index contributed by atoms with van der Waals surface area (Å²) >= 11 is 0. The van der Waals surface area contributed by atoms with E-state index in [0.717, 1.165) is 16.7 Å². The monoisotopic (exact) mass is 788 g/mol.